The Balaban J connectivity index is 0. The van der Waals surface area contributed by atoms with E-state index in [0.29, 0.717) is 0 Å². The van der Waals surface area contributed by atoms with Gasteiger partial charge >= 0.3 is 60.3 Å². The lowest BCUT2D eigenvalue weighted by Crippen LogP contribution is -2.59. The van der Waals surface area contributed by atoms with E-state index in [1.165, 1.54) is 24.3 Å². The van der Waals surface area contributed by atoms with Crippen LogP contribution in [0.4, 0.5) is 87.8 Å². The van der Waals surface area contributed by atoms with E-state index in [2.05, 4.69) is 0 Å². The molecule has 0 heterocycles. The van der Waals surface area contributed by atoms with Crippen LogP contribution in [0.2, 0.25) is 0 Å². The van der Waals surface area contributed by atoms with Gasteiger partial charge in [-0.1, -0.05) is 0 Å². The van der Waals surface area contributed by atoms with Gasteiger partial charge in [0.2, 0.25) is 0 Å². The van der Waals surface area contributed by atoms with Gasteiger partial charge in [0.05, 0.1) is 11.1 Å². The standard InChI is InChI=1S/C8H6O4.2C4F10/c9-7(10)5-1-2-6(4-3-5)8(11)12;2*5-1(6,3(9,10)11)2(7,8)4(12,13)14/h1-4H,(H,9,10)(H,11,12);;. The molecule has 0 bridgehead atoms. The number of alkyl halides is 20. The summed E-state index contributed by atoms with van der Waals surface area (Å²) in [5, 5.41) is 16.9. The molecule has 0 fully saturated rings. The third-order valence-corrected chi connectivity index (χ3v) is 3.59. The summed E-state index contributed by atoms with van der Waals surface area (Å²) in [6, 6.07) is 5.02. The number of rotatable bonds is 4. The van der Waals surface area contributed by atoms with Crippen LogP contribution in [0.15, 0.2) is 24.3 Å². The molecule has 0 radical (unpaired) electrons. The zero-order valence-corrected chi connectivity index (χ0v) is 17.6. The Bertz CT molecular complexity index is 869. The van der Waals surface area contributed by atoms with Crippen molar-refractivity contribution in [3.05, 3.63) is 35.4 Å². The van der Waals surface area contributed by atoms with Gasteiger partial charge in [0.15, 0.2) is 0 Å². The molecule has 0 unspecified atom stereocenters. The van der Waals surface area contributed by atoms with Gasteiger partial charge in [-0.2, -0.15) is 87.8 Å². The molecule has 0 spiro atoms. The minimum atomic E-state index is -7.14. The van der Waals surface area contributed by atoms with Gasteiger partial charge in [0.1, 0.15) is 0 Å². The summed E-state index contributed by atoms with van der Waals surface area (Å²) < 4.78 is 226. The molecule has 0 amide bonds. The van der Waals surface area contributed by atoms with Crippen molar-refractivity contribution in [3.8, 4) is 0 Å². The van der Waals surface area contributed by atoms with Gasteiger partial charge in [0.25, 0.3) is 0 Å². The van der Waals surface area contributed by atoms with Gasteiger partial charge in [-0.05, 0) is 24.3 Å². The Hall–Kier alpha value is -3.24. The highest BCUT2D eigenvalue weighted by Crippen LogP contribution is 2.54. The number of carboxylic acids is 2. The van der Waals surface area contributed by atoms with Gasteiger partial charge in [-0.15, -0.1) is 0 Å². The molecule has 1 aromatic rings. The van der Waals surface area contributed by atoms with Crippen molar-refractivity contribution in [1.29, 1.82) is 0 Å². The van der Waals surface area contributed by atoms with E-state index in [1.807, 2.05) is 0 Å². The first-order chi connectivity index (χ1) is 17.1. The Labute approximate surface area is 204 Å². The molecular weight excluding hydrogens is 636 g/mol. The van der Waals surface area contributed by atoms with Gasteiger partial charge in [0, 0.05) is 0 Å². The lowest BCUT2D eigenvalue weighted by atomic mass is 10.1. The van der Waals surface area contributed by atoms with Crippen LogP contribution in [0.1, 0.15) is 20.7 Å². The van der Waals surface area contributed by atoms with Crippen LogP contribution in [0.3, 0.4) is 0 Å². The molecular formula is C16H6F20O4. The van der Waals surface area contributed by atoms with Crippen LogP contribution < -0.4 is 0 Å². The van der Waals surface area contributed by atoms with Gasteiger partial charge in [-0.25, -0.2) is 9.59 Å². The lowest BCUT2D eigenvalue weighted by Gasteiger charge is -2.29. The lowest BCUT2D eigenvalue weighted by molar-refractivity contribution is -0.419. The van der Waals surface area contributed by atoms with E-state index in [9.17, 15) is 97.4 Å². The topological polar surface area (TPSA) is 74.6 Å². The summed E-state index contributed by atoms with van der Waals surface area (Å²) in [5.41, 5.74) is 0.167. The largest absolute Gasteiger partial charge is 0.478 e. The predicted octanol–water partition coefficient (Wildman–Crippen LogP) is 7.85. The van der Waals surface area contributed by atoms with E-state index in [4.69, 9.17) is 10.2 Å². The van der Waals surface area contributed by atoms with E-state index >= 15 is 0 Å². The van der Waals surface area contributed by atoms with Crippen LogP contribution in [0.5, 0.6) is 0 Å². The summed E-state index contributed by atoms with van der Waals surface area (Å²) in [7, 11) is 0. The first-order valence-corrected chi connectivity index (χ1v) is 8.46. The fourth-order valence-corrected chi connectivity index (χ4v) is 1.47. The highest BCUT2D eigenvalue weighted by Gasteiger charge is 2.83. The molecule has 234 valence electrons. The Morgan fingerprint density at radius 3 is 0.575 bits per heavy atom. The van der Waals surface area contributed by atoms with Gasteiger partial charge in [-0.3, -0.25) is 0 Å². The fraction of sp³-hybridized carbons (Fsp3) is 0.500. The predicted molar refractivity (Wildman–Crippen MR) is 84.4 cm³/mol. The highest BCUT2D eigenvalue weighted by atomic mass is 19.5. The Morgan fingerprint density at radius 1 is 0.375 bits per heavy atom. The molecule has 0 aliphatic carbocycles. The Kier molecular flexibility index (Phi) is 11.4. The smallest absolute Gasteiger partial charge is 0.460 e. The van der Waals surface area contributed by atoms with Crippen molar-refractivity contribution in [3.63, 3.8) is 0 Å². The van der Waals surface area contributed by atoms with Crippen LogP contribution in [-0.4, -0.2) is 70.5 Å². The van der Waals surface area contributed by atoms with Crippen molar-refractivity contribution in [2.75, 3.05) is 0 Å². The molecule has 0 aromatic heterocycles. The molecule has 0 saturated heterocycles. The second-order valence-electron chi connectivity index (χ2n) is 6.48. The maximum atomic E-state index is 11.6. The minimum absolute atomic E-state index is 0.0833. The van der Waals surface area contributed by atoms with Crippen molar-refractivity contribution < 1.29 is 108 Å². The van der Waals surface area contributed by atoms with Crippen molar-refractivity contribution in [1.82, 2.24) is 0 Å². The number of aromatic carboxylic acids is 2. The number of benzene rings is 1. The van der Waals surface area contributed by atoms with E-state index in [-0.39, 0.29) is 11.1 Å². The van der Waals surface area contributed by atoms with Crippen LogP contribution in [0.25, 0.3) is 0 Å². The maximum Gasteiger partial charge on any atom is 0.460 e. The number of hydrogen-bond donors (Lipinski definition) is 2. The number of hydrogen-bond acceptors (Lipinski definition) is 2. The van der Waals surface area contributed by atoms with Crippen LogP contribution in [0, 0.1) is 0 Å². The first kappa shape index (κ1) is 38.9. The fourth-order valence-electron chi connectivity index (χ4n) is 1.47. The molecule has 0 saturated carbocycles. The van der Waals surface area contributed by atoms with Gasteiger partial charge < -0.3 is 10.2 Å². The van der Waals surface area contributed by atoms with Crippen molar-refractivity contribution in [2.24, 2.45) is 0 Å². The average molecular weight is 642 g/mol. The summed E-state index contributed by atoms with van der Waals surface area (Å²) in [5.74, 6) is -30.7. The number of halogens is 20. The first-order valence-electron chi connectivity index (χ1n) is 8.46. The second kappa shape index (κ2) is 11.7. The molecule has 1 aromatic carbocycles. The third-order valence-electron chi connectivity index (χ3n) is 3.59. The summed E-state index contributed by atoms with van der Waals surface area (Å²) >= 11 is 0. The zero-order valence-electron chi connectivity index (χ0n) is 17.6. The van der Waals surface area contributed by atoms with Crippen molar-refractivity contribution in [2.45, 2.75) is 48.4 Å². The molecule has 4 nitrogen and oxygen atoms in total. The highest BCUT2D eigenvalue weighted by molar-refractivity contribution is 5.91. The number of carboxylic acid groups (broad SMARTS) is 2. The molecule has 0 aliphatic rings. The average Bonchev–Trinajstić information content (AvgIpc) is 2.71. The summed E-state index contributed by atoms with van der Waals surface area (Å²) in [6.45, 7) is 0. The van der Waals surface area contributed by atoms with Crippen molar-refractivity contribution >= 4 is 11.9 Å². The Morgan fingerprint density at radius 2 is 0.500 bits per heavy atom. The third kappa shape index (κ3) is 8.38. The van der Waals surface area contributed by atoms with E-state index < -0.39 is 60.3 Å². The maximum absolute atomic E-state index is 11.6. The molecule has 40 heavy (non-hydrogen) atoms. The SMILES string of the molecule is FC(F)(F)C(F)(F)C(F)(F)C(F)(F)F.FC(F)(F)C(F)(F)C(F)(F)C(F)(F)F.O=C(O)c1ccc(C(=O)O)cc1. The molecule has 0 aliphatic heterocycles. The monoisotopic (exact) mass is 642 g/mol. The zero-order chi connectivity index (χ0) is 33.1. The second-order valence-corrected chi connectivity index (χ2v) is 6.48. The quantitative estimate of drug-likeness (QED) is 0.329. The minimum Gasteiger partial charge on any atom is -0.478 e. The molecule has 2 N–H and O–H groups in total. The summed E-state index contributed by atoms with van der Waals surface area (Å²) in [6.07, 6.45) is -27.9. The van der Waals surface area contributed by atoms with Crippen LogP contribution >= 0.6 is 0 Å². The normalized spacial score (nSPS) is 13.9. The molecule has 24 heteroatoms. The molecule has 1 rings (SSSR count). The van der Waals surface area contributed by atoms with Crippen LogP contribution in [-0.2, 0) is 0 Å². The molecule has 0 atom stereocenters. The van der Waals surface area contributed by atoms with E-state index in [0.717, 1.165) is 0 Å². The van der Waals surface area contributed by atoms with E-state index in [1.54, 1.807) is 0 Å². The number of carbonyl (C=O) groups is 2. The summed E-state index contributed by atoms with van der Waals surface area (Å²) in [4.78, 5) is 20.7.